The van der Waals surface area contributed by atoms with E-state index in [1.165, 1.54) is 12.1 Å². The summed E-state index contributed by atoms with van der Waals surface area (Å²) in [5.74, 6) is -0.618. The van der Waals surface area contributed by atoms with Crippen LogP contribution in [-0.4, -0.2) is 41.9 Å². The van der Waals surface area contributed by atoms with Gasteiger partial charge in [0.25, 0.3) is 5.91 Å². The van der Waals surface area contributed by atoms with Crippen LogP contribution in [0.3, 0.4) is 0 Å². The fourth-order valence-corrected chi connectivity index (χ4v) is 2.84. The number of para-hydroxylation sites is 1. The molecule has 2 unspecified atom stereocenters. The number of carbonyl (C=O) groups is 2. The first-order chi connectivity index (χ1) is 11.4. The Labute approximate surface area is 142 Å². The number of benzene rings is 1. The quantitative estimate of drug-likeness (QED) is 0.898. The van der Waals surface area contributed by atoms with E-state index in [-0.39, 0.29) is 23.5 Å². The summed E-state index contributed by atoms with van der Waals surface area (Å²) in [4.78, 5) is 26.7. The Kier molecular flexibility index (Phi) is 6.17. The molecule has 24 heavy (non-hydrogen) atoms. The van der Waals surface area contributed by atoms with E-state index in [0.717, 1.165) is 0 Å². The number of ether oxygens (including phenoxy) is 1. The number of halogens is 1. The van der Waals surface area contributed by atoms with Crippen molar-refractivity contribution in [1.29, 1.82) is 0 Å². The van der Waals surface area contributed by atoms with Gasteiger partial charge in [-0.1, -0.05) is 26.0 Å². The smallest absolute Gasteiger partial charge is 0.264 e. The van der Waals surface area contributed by atoms with E-state index in [1.807, 2.05) is 13.8 Å². The van der Waals surface area contributed by atoms with Crippen LogP contribution in [0.2, 0.25) is 0 Å². The third-order valence-electron chi connectivity index (χ3n) is 4.02. The van der Waals surface area contributed by atoms with E-state index in [4.69, 9.17) is 4.74 Å². The summed E-state index contributed by atoms with van der Waals surface area (Å²) in [6.07, 6.45) is 0.421. The minimum absolute atomic E-state index is 0.0398. The van der Waals surface area contributed by atoms with Crippen LogP contribution in [0, 0.1) is 11.7 Å². The first-order valence-corrected chi connectivity index (χ1v) is 8.39. The number of rotatable bonds is 5. The van der Waals surface area contributed by atoms with E-state index in [2.05, 4.69) is 5.32 Å². The van der Waals surface area contributed by atoms with Gasteiger partial charge in [0.1, 0.15) is 6.04 Å². The molecular formula is C18H25FN2O3. The first kappa shape index (κ1) is 18.2. The Balaban J connectivity index is 2.14. The summed E-state index contributed by atoms with van der Waals surface area (Å²) in [6.45, 7) is 6.66. The van der Waals surface area contributed by atoms with Crippen molar-refractivity contribution in [3.05, 3.63) is 30.1 Å². The Morgan fingerprint density at radius 2 is 2.08 bits per heavy atom. The van der Waals surface area contributed by atoms with Gasteiger partial charge in [0.15, 0.2) is 17.7 Å². The van der Waals surface area contributed by atoms with Crippen molar-refractivity contribution < 1.29 is 18.7 Å². The Hall–Kier alpha value is -2.11. The third-order valence-corrected chi connectivity index (χ3v) is 4.02. The van der Waals surface area contributed by atoms with Gasteiger partial charge in [0.05, 0.1) is 0 Å². The van der Waals surface area contributed by atoms with E-state index in [9.17, 15) is 14.0 Å². The van der Waals surface area contributed by atoms with Gasteiger partial charge < -0.3 is 15.0 Å². The van der Waals surface area contributed by atoms with Crippen molar-refractivity contribution in [3.63, 3.8) is 0 Å². The molecule has 2 atom stereocenters. The summed E-state index contributed by atoms with van der Waals surface area (Å²) >= 11 is 0. The molecule has 1 aliphatic heterocycles. The van der Waals surface area contributed by atoms with Crippen molar-refractivity contribution in [2.75, 3.05) is 13.1 Å². The van der Waals surface area contributed by atoms with Crippen molar-refractivity contribution in [3.8, 4) is 5.75 Å². The zero-order chi connectivity index (χ0) is 17.7. The van der Waals surface area contributed by atoms with Crippen LogP contribution in [-0.2, 0) is 9.59 Å². The van der Waals surface area contributed by atoms with Crippen LogP contribution >= 0.6 is 0 Å². The number of amides is 2. The molecule has 0 aromatic heterocycles. The van der Waals surface area contributed by atoms with Crippen LogP contribution in [0.4, 0.5) is 4.39 Å². The molecule has 0 radical (unpaired) electrons. The fraction of sp³-hybridized carbons (Fsp3) is 0.556. The minimum Gasteiger partial charge on any atom is -0.478 e. The monoisotopic (exact) mass is 336 g/mol. The summed E-state index contributed by atoms with van der Waals surface area (Å²) in [6, 6.07) is 5.47. The lowest BCUT2D eigenvalue weighted by Gasteiger charge is -2.31. The van der Waals surface area contributed by atoms with E-state index in [0.29, 0.717) is 25.9 Å². The van der Waals surface area contributed by atoms with E-state index < -0.39 is 18.0 Å². The van der Waals surface area contributed by atoms with Gasteiger partial charge in [-0.15, -0.1) is 0 Å². The summed E-state index contributed by atoms with van der Waals surface area (Å²) in [7, 11) is 0. The van der Waals surface area contributed by atoms with Crippen LogP contribution < -0.4 is 10.1 Å². The molecular weight excluding hydrogens is 311 g/mol. The topological polar surface area (TPSA) is 58.6 Å². The van der Waals surface area contributed by atoms with Crippen LogP contribution in [0.5, 0.6) is 5.75 Å². The SMILES string of the molecule is CC(C)CC1C(=O)NCCCN1C(=O)C(C)Oc1ccccc1F. The highest BCUT2D eigenvalue weighted by molar-refractivity contribution is 5.89. The maximum absolute atomic E-state index is 13.7. The fourth-order valence-electron chi connectivity index (χ4n) is 2.84. The number of hydrogen-bond acceptors (Lipinski definition) is 3. The van der Waals surface area contributed by atoms with E-state index >= 15 is 0 Å². The van der Waals surface area contributed by atoms with Crippen LogP contribution in [0.15, 0.2) is 24.3 Å². The maximum atomic E-state index is 13.7. The van der Waals surface area contributed by atoms with Gasteiger partial charge in [0.2, 0.25) is 5.91 Å². The second kappa shape index (κ2) is 8.13. The molecule has 1 aliphatic rings. The lowest BCUT2D eigenvalue weighted by atomic mass is 10.0. The van der Waals surface area contributed by atoms with Gasteiger partial charge in [-0.05, 0) is 37.8 Å². The number of nitrogens with one attached hydrogen (secondary N) is 1. The summed E-state index contributed by atoms with van der Waals surface area (Å²) < 4.78 is 19.2. The van der Waals surface area contributed by atoms with Crippen molar-refractivity contribution in [2.24, 2.45) is 5.92 Å². The standard InChI is InChI=1S/C18H25FN2O3/c1-12(2)11-15-17(22)20-9-6-10-21(15)18(23)13(3)24-16-8-5-4-7-14(16)19/h4-5,7-8,12-13,15H,6,9-11H2,1-3H3,(H,20,22). The van der Waals surface area contributed by atoms with Crippen molar-refractivity contribution in [2.45, 2.75) is 45.8 Å². The lowest BCUT2D eigenvalue weighted by molar-refractivity contribution is -0.145. The molecule has 1 aromatic carbocycles. The molecule has 0 aliphatic carbocycles. The molecule has 1 fully saturated rings. The Morgan fingerprint density at radius 3 is 2.75 bits per heavy atom. The molecule has 1 aromatic rings. The molecule has 1 saturated heterocycles. The highest BCUT2D eigenvalue weighted by Crippen LogP contribution is 2.20. The average Bonchev–Trinajstić information content (AvgIpc) is 2.71. The second-order valence-electron chi connectivity index (χ2n) is 6.51. The van der Waals surface area contributed by atoms with Crippen molar-refractivity contribution >= 4 is 11.8 Å². The molecule has 2 rings (SSSR count). The number of carbonyl (C=O) groups excluding carboxylic acids is 2. The van der Waals surface area contributed by atoms with Gasteiger partial charge in [-0.3, -0.25) is 9.59 Å². The van der Waals surface area contributed by atoms with E-state index in [1.54, 1.807) is 24.0 Å². The highest BCUT2D eigenvalue weighted by atomic mass is 19.1. The largest absolute Gasteiger partial charge is 0.478 e. The predicted octanol–water partition coefficient (Wildman–Crippen LogP) is 2.36. The third kappa shape index (κ3) is 4.46. The first-order valence-electron chi connectivity index (χ1n) is 8.39. The zero-order valence-corrected chi connectivity index (χ0v) is 14.4. The molecule has 1 heterocycles. The lowest BCUT2D eigenvalue weighted by Crippen LogP contribution is -2.51. The van der Waals surface area contributed by atoms with Gasteiger partial charge in [-0.25, -0.2) is 4.39 Å². The summed E-state index contributed by atoms with van der Waals surface area (Å²) in [5, 5.41) is 2.85. The molecule has 0 spiro atoms. The normalized spacial score (nSPS) is 19.6. The van der Waals surface area contributed by atoms with Gasteiger partial charge in [-0.2, -0.15) is 0 Å². The number of nitrogens with zero attached hydrogens (tertiary/aromatic N) is 1. The molecule has 5 nitrogen and oxygen atoms in total. The van der Waals surface area contributed by atoms with Gasteiger partial charge >= 0.3 is 0 Å². The summed E-state index contributed by atoms with van der Waals surface area (Å²) in [5.41, 5.74) is 0. The molecule has 0 saturated carbocycles. The maximum Gasteiger partial charge on any atom is 0.264 e. The molecule has 2 amide bonds. The molecule has 1 N–H and O–H groups in total. The second-order valence-corrected chi connectivity index (χ2v) is 6.51. The Bertz CT molecular complexity index is 591. The predicted molar refractivity (Wildman–Crippen MR) is 89.1 cm³/mol. The number of hydrogen-bond donors (Lipinski definition) is 1. The minimum atomic E-state index is -0.859. The van der Waals surface area contributed by atoms with Gasteiger partial charge in [0, 0.05) is 13.1 Å². The van der Waals surface area contributed by atoms with Crippen LogP contribution in [0.25, 0.3) is 0 Å². The highest BCUT2D eigenvalue weighted by Gasteiger charge is 2.34. The van der Waals surface area contributed by atoms with Crippen molar-refractivity contribution in [1.82, 2.24) is 10.2 Å². The molecule has 0 bridgehead atoms. The Morgan fingerprint density at radius 1 is 1.38 bits per heavy atom. The van der Waals surface area contributed by atoms with Crippen LogP contribution in [0.1, 0.15) is 33.6 Å². The molecule has 132 valence electrons. The zero-order valence-electron chi connectivity index (χ0n) is 14.4. The average molecular weight is 336 g/mol. The molecule has 6 heteroatoms.